The van der Waals surface area contributed by atoms with E-state index in [1.807, 2.05) is 13.8 Å². The molecule has 4 nitrogen and oxygen atoms in total. The lowest BCUT2D eigenvalue weighted by atomic mass is 9.85. The topological polar surface area (TPSA) is 62.2 Å². The van der Waals surface area contributed by atoms with E-state index < -0.39 is 5.97 Å². The molecular formula is C12H18N2O2S. The molecule has 2 atom stereocenters. The molecule has 94 valence electrons. The van der Waals surface area contributed by atoms with Crippen molar-refractivity contribution in [1.82, 2.24) is 4.98 Å². The molecule has 1 aliphatic carbocycles. The number of thiazole rings is 1. The SMILES string of the molecule is Cc1nc(NC2CCCCC2C(=O)O)sc1C. The Morgan fingerprint density at radius 3 is 2.71 bits per heavy atom. The first-order chi connectivity index (χ1) is 8.08. The molecule has 0 spiro atoms. The van der Waals surface area contributed by atoms with Crippen LogP contribution in [0.4, 0.5) is 5.13 Å². The van der Waals surface area contributed by atoms with Gasteiger partial charge in [-0.25, -0.2) is 4.98 Å². The minimum Gasteiger partial charge on any atom is -0.481 e. The number of rotatable bonds is 3. The Balaban J connectivity index is 2.07. The highest BCUT2D eigenvalue weighted by Crippen LogP contribution is 2.29. The molecule has 1 aliphatic rings. The summed E-state index contributed by atoms with van der Waals surface area (Å²) in [5.41, 5.74) is 1.03. The highest BCUT2D eigenvalue weighted by atomic mass is 32.1. The molecule has 1 heterocycles. The Kier molecular flexibility index (Phi) is 3.66. The van der Waals surface area contributed by atoms with Crippen molar-refractivity contribution in [2.75, 3.05) is 5.32 Å². The van der Waals surface area contributed by atoms with Crippen LogP contribution in [-0.4, -0.2) is 22.1 Å². The predicted octanol–water partition coefficient (Wildman–Crippen LogP) is 2.82. The standard InChI is InChI=1S/C12H18N2O2S/c1-7-8(2)17-12(13-7)14-10-6-4-3-5-9(10)11(15)16/h9-10H,3-6H2,1-2H3,(H,13,14)(H,15,16). The van der Waals surface area contributed by atoms with Gasteiger partial charge in [0, 0.05) is 10.9 Å². The molecule has 0 radical (unpaired) electrons. The Morgan fingerprint density at radius 2 is 2.12 bits per heavy atom. The third-order valence-electron chi connectivity index (χ3n) is 3.42. The van der Waals surface area contributed by atoms with E-state index in [-0.39, 0.29) is 12.0 Å². The number of hydrogen-bond donors (Lipinski definition) is 2. The van der Waals surface area contributed by atoms with Crippen molar-refractivity contribution in [1.29, 1.82) is 0 Å². The monoisotopic (exact) mass is 254 g/mol. The van der Waals surface area contributed by atoms with Crippen LogP contribution in [0.3, 0.4) is 0 Å². The quantitative estimate of drug-likeness (QED) is 0.870. The van der Waals surface area contributed by atoms with Crippen LogP contribution in [0.2, 0.25) is 0 Å². The minimum atomic E-state index is -0.688. The molecule has 2 rings (SSSR count). The summed E-state index contributed by atoms with van der Waals surface area (Å²) in [6, 6.07) is 0.0335. The second-order valence-electron chi connectivity index (χ2n) is 4.64. The minimum absolute atomic E-state index is 0.0335. The van der Waals surface area contributed by atoms with Crippen molar-refractivity contribution >= 4 is 22.4 Å². The van der Waals surface area contributed by atoms with E-state index in [0.29, 0.717) is 0 Å². The number of nitrogens with zero attached hydrogens (tertiary/aromatic N) is 1. The number of nitrogens with one attached hydrogen (secondary N) is 1. The van der Waals surface area contributed by atoms with Crippen molar-refractivity contribution < 1.29 is 9.90 Å². The molecule has 0 aliphatic heterocycles. The van der Waals surface area contributed by atoms with Crippen LogP contribution < -0.4 is 5.32 Å². The predicted molar refractivity (Wildman–Crippen MR) is 68.6 cm³/mol. The fourth-order valence-corrected chi connectivity index (χ4v) is 3.17. The first kappa shape index (κ1) is 12.4. The average Bonchev–Trinajstić information content (AvgIpc) is 2.58. The van der Waals surface area contributed by atoms with Crippen LogP contribution >= 0.6 is 11.3 Å². The van der Waals surface area contributed by atoms with Gasteiger partial charge in [-0.15, -0.1) is 11.3 Å². The zero-order valence-corrected chi connectivity index (χ0v) is 11.0. The molecule has 1 saturated carbocycles. The van der Waals surface area contributed by atoms with Crippen molar-refractivity contribution in [3.63, 3.8) is 0 Å². The van der Waals surface area contributed by atoms with Crippen LogP contribution in [0, 0.1) is 19.8 Å². The maximum Gasteiger partial charge on any atom is 0.308 e. The molecule has 2 N–H and O–H groups in total. The summed E-state index contributed by atoms with van der Waals surface area (Å²) in [7, 11) is 0. The van der Waals surface area contributed by atoms with E-state index in [0.717, 1.165) is 36.5 Å². The Bertz CT molecular complexity index is 397. The lowest BCUT2D eigenvalue weighted by Gasteiger charge is -2.28. The molecule has 0 bridgehead atoms. The van der Waals surface area contributed by atoms with Gasteiger partial charge in [0.05, 0.1) is 11.6 Å². The molecular weight excluding hydrogens is 236 g/mol. The maximum absolute atomic E-state index is 11.2. The molecule has 0 aromatic carbocycles. The molecule has 0 saturated heterocycles. The number of anilines is 1. The van der Waals surface area contributed by atoms with Gasteiger partial charge in [0.2, 0.25) is 0 Å². The van der Waals surface area contributed by atoms with Gasteiger partial charge in [0.25, 0.3) is 0 Å². The fourth-order valence-electron chi connectivity index (χ4n) is 2.29. The largest absolute Gasteiger partial charge is 0.481 e. The summed E-state index contributed by atoms with van der Waals surface area (Å²) in [5.74, 6) is -0.958. The Morgan fingerprint density at radius 1 is 1.41 bits per heavy atom. The van der Waals surface area contributed by atoms with E-state index in [1.165, 1.54) is 4.88 Å². The van der Waals surface area contributed by atoms with Crippen molar-refractivity contribution in [2.45, 2.75) is 45.6 Å². The van der Waals surface area contributed by atoms with Gasteiger partial charge in [0.15, 0.2) is 5.13 Å². The van der Waals surface area contributed by atoms with Crippen molar-refractivity contribution in [3.8, 4) is 0 Å². The molecule has 17 heavy (non-hydrogen) atoms. The number of aliphatic carboxylic acids is 1. The van der Waals surface area contributed by atoms with Gasteiger partial charge in [-0.1, -0.05) is 12.8 Å². The Labute approximate surface area is 105 Å². The van der Waals surface area contributed by atoms with Crippen LogP contribution in [-0.2, 0) is 4.79 Å². The van der Waals surface area contributed by atoms with E-state index in [1.54, 1.807) is 11.3 Å². The number of hydrogen-bond acceptors (Lipinski definition) is 4. The second kappa shape index (κ2) is 5.04. The van der Waals surface area contributed by atoms with Crippen LogP contribution in [0.5, 0.6) is 0 Å². The molecule has 1 aromatic heterocycles. The van der Waals surface area contributed by atoms with Crippen LogP contribution in [0.25, 0.3) is 0 Å². The summed E-state index contributed by atoms with van der Waals surface area (Å²) in [5, 5.41) is 13.3. The first-order valence-corrected chi connectivity index (χ1v) is 6.83. The van der Waals surface area contributed by atoms with E-state index >= 15 is 0 Å². The number of carbonyl (C=O) groups is 1. The van der Waals surface area contributed by atoms with Gasteiger partial charge in [0.1, 0.15) is 0 Å². The summed E-state index contributed by atoms with van der Waals surface area (Å²) in [4.78, 5) is 16.8. The van der Waals surface area contributed by atoms with Gasteiger partial charge in [-0.05, 0) is 26.7 Å². The highest BCUT2D eigenvalue weighted by Gasteiger charge is 2.31. The van der Waals surface area contributed by atoms with Gasteiger partial charge in [-0.3, -0.25) is 4.79 Å². The number of carboxylic acids is 1. The van der Waals surface area contributed by atoms with Crippen molar-refractivity contribution in [2.24, 2.45) is 5.92 Å². The van der Waals surface area contributed by atoms with Gasteiger partial charge >= 0.3 is 5.97 Å². The zero-order valence-electron chi connectivity index (χ0n) is 10.2. The van der Waals surface area contributed by atoms with E-state index in [4.69, 9.17) is 0 Å². The smallest absolute Gasteiger partial charge is 0.308 e. The molecule has 1 fully saturated rings. The summed E-state index contributed by atoms with van der Waals surface area (Å²) in [6.45, 7) is 4.01. The molecule has 5 heteroatoms. The van der Waals surface area contributed by atoms with Crippen LogP contribution in [0.15, 0.2) is 0 Å². The number of aryl methyl sites for hydroxylation is 2. The van der Waals surface area contributed by atoms with Gasteiger partial charge < -0.3 is 10.4 Å². The van der Waals surface area contributed by atoms with E-state index in [9.17, 15) is 9.90 Å². The molecule has 0 amide bonds. The molecule has 1 aromatic rings. The van der Waals surface area contributed by atoms with Crippen LogP contribution in [0.1, 0.15) is 36.3 Å². The zero-order chi connectivity index (χ0) is 12.4. The van der Waals surface area contributed by atoms with Crippen molar-refractivity contribution in [3.05, 3.63) is 10.6 Å². The lowest BCUT2D eigenvalue weighted by Crippen LogP contribution is -2.37. The lowest BCUT2D eigenvalue weighted by molar-refractivity contribution is -0.143. The third-order valence-corrected chi connectivity index (χ3v) is 4.42. The first-order valence-electron chi connectivity index (χ1n) is 6.01. The highest BCUT2D eigenvalue weighted by molar-refractivity contribution is 7.15. The summed E-state index contributed by atoms with van der Waals surface area (Å²) >= 11 is 1.61. The van der Waals surface area contributed by atoms with E-state index in [2.05, 4.69) is 10.3 Å². The number of carboxylic acid groups (broad SMARTS) is 1. The maximum atomic E-state index is 11.2. The average molecular weight is 254 g/mol. The van der Waals surface area contributed by atoms with Gasteiger partial charge in [-0.2, -0.15) is 0 Å². The summed E-state index contributed by atoms with van der Waals surface area (Å²) in [6.07, 6.45) is 3.82. The molecule has 2 unspecified atom stereocenters. The third kappa shape index (κ3) is 2.77. The normalized spacial score (nSPS) is 24.6. The number of aromatic nitrogens is 1. The fraction of sp³-hybridized carbons (Fsp3) is 0.667. The summed E-state index contributed by atoms with van der Waals surface area (Å²) < 4.78 is 0. The second-order valence-corrected chi connectivity index (χ2v) is 5.84. The Hall–Kier alpha value is -1.10.